The highest BCUT2D eigenvalue weighted by Crippen LogP contribution is 2.23. The van der Waals surface area contributed by atoms with Gasteiger partial charge in [0.05, 0.1) is 18.7 Å². The van der Waals surface area contributed by atoms with Crippen molar-refractivity contribution in [2.24, 2.45) is 0 Å². The van der Waals surface area contributed by atoms with Crippen molar-refractivity contribution >= 4 is 23.3 Å². The summed E-state index contributed by atoms with van der Waals surface area (Å²) in [5.74, 6) is -0.664. The van der Waals surface area contributed by atoms with E-state index in [1.54, 1.807) is 48.5 Å². The number of ether oxygens (including phenoxy) is 2. The molecule has 0 aliphatic heterocycles. The van der Waals surface area contributed by atoms with Gasteiger partial charge in [-0.05, 0) is 19.1 Å². The summed E-state index contributed by atoms with van der Waals surface area (Å²) in [6.45, 7) is 1.90. The third kappa shape index (κ3) is 6.05. The van der Waals surface area contributed by atoms with Crippen LogP contribution in [0.4, 0.5) is 5.69 Å². The number of amides is 1. The number of Topliss-reactive ketones (excluding diaryl/α,β-unsaturated/α-hetero) is 1. The van der Waals surface area contributed by atoms with Crippen molar-refractivity contribution in [3.63, 3.8) is 0 Å². The van der Waals surface area contributed by atoms with Crippen molar-refractivity contribution in [1.82, 2.24) is 0 Å². The molecule has 0 saturated carbocycles. The first kappa shape index (κ1) is 19.2. The Morgan fingerprint density at radius 3 is 2.35 bits per heavy atom. The van der Waals surface area contributed by atoms with Crippen molar-refractivity contribution in [3.8, 4) is 5.75 Å². The van der Waals surface area contributed by atoms with Gasteiger partial charge in [0, 0.05) is 12.0 Å². The van der Waals surface area contributed by atoms with Crippen LogP contribution in [-0.4, -0.2) is 30.9 Å². The highest BCUT2D eigenvalue weighted by Gasteiger charge is 2.13. The van der Waals surface area contributed by atoms with E-state index in [1.165, 1.54) is 0 Å². The van der Waals surface area contributed by atoms with E-state index < -0.39 is 18.5 Å². The Morgan fingerprint density at radius 1 is 0.923 bits per heavy atom. The van der Waals surface area contributed by atoms with Crippen molar-refractivity contribution in [2.45, 2.75) is 19.8 Å². The molecule has 0 atom stereocenters. The summed E-state index contributed by atoms with van der Waals surface area (Å²) in [6.07, 6.45) is -0.0336. The average Bonchev–Trinajstić information content (AvgIpc) is 2.67. The van der Waals surface area contributed by atoms with Crippen LogP contribution in [0, 0.1) is 0 Å². The van der Waals surface area contributed by atoms with E-state index >= 15 is 0 Å². The zero-order chi connectivity index (χ0) is 18.8. The Morgan fingerprint density at radius 2 is 1.62 bits per heavy atom. The molecule has 0 aliphatic carbocycles. The van der Waals surface area contributed by atoms with Gasteiger partial charge in [-0.15, -0.1) is 0 Å². The molecule has 0 unspecified atom stereocenters. The minimum absolute atomic E-state index is 0.0393. The maximum absolute atomic E-state index is 11.9. The first-order valence-corrected chi connectivity index (χ1v) is 8.35. The number of ketones is 1. The van der Waals surface area contributed by atoms with Crippen LogP contribution in [0.5, 0.6) is 5.75 Å². The highest BCUT2D eigenvalue weighted by molar-refractivity contribution is 5.98. The summed E-state index contributed by atoms with van der Waals surface area (Å²) in [6, 6.07) is 15.7. The Hall–Kier alpha value is -3.15. The minimum atomic E-state index is -0.595. The normalized spacial score (nSPS) is 10.0. The molecule has 0 fully saturated rings. The molecular weight excluding hydrogens is 334 g/mol. The number of rotatable bonds is 9. The van der Waals surface area contributed by atoms with Crippen molar-refractivity contribution < 1.29 is 23.9 Å². The molecule has 6 nitrogen and oxygen atoms in total. The van der Waals surface area contributed by atoms with Gasteiger partial charge in [0.25, 0.3) is 5.91 Å². The van der Waals surface area contributed by atoms with Crippen molar-refractivity contribution in [2.75, 3.05) is 18.5 Å². The second-order valence-electron chi connectivity index (χ2n) is 5.43. The van der Waals surface area contributed by atoms with Crippen LogP contribution in [0.3, 0.4) is 0 Å². The summed E-state index contributed by atoms with van der Waals surface area (Å²) in [5, 5.41) is 2.63. The molecule has 2 rings (SSSR count). The Bertz CT molecular complexity index is 758. The largest absolute Gasteiger partial charge is 0.492 e. The summed E-state index contributed by atoms with van der Waals surface area (Å²) in [5.41, 5.74) is 1.06. The maximum atomic E-state index is 11.9. The number of anilines is 1. The van der Waals surface area contributed by atoms with E-state index in [2.05, 4.69) is 5.32 Å². The molecule has 0 aliphatic rings. The number of hydrogen-bond acceptors (Lipinski definition) is 5. The molecule has 0 aromatic heterocycles. The van der Waals surface area contributed by atoms with Gasteiger partial charge in [0.1, 0.15) is 5.75 Å². The average molecular weight is 355 g/mol. The van der Waals surface area contributed by atoms with E-state index in [-0.39, 0.29) is 18.6 Å². The minimum Gasteiger partial charge on any atom is -0.492 e. The van der Waals surface area contributed by atoms with Crippen LogP contribution >= 0.6 is 0 Å². The Labute approximate surface area is 152 Å². The fraction of sp³-hybridized carbons (Fsp3) is 0.250. The van der Waals surface area contributed by atoms with E-state index in [0.29, 0.717) is 23.6 Å². The molecule has 1 amide bonds. The van der Waals surface area contributed by atoms with Crippen LogP contribution in [-0.2, 0) is 14.3 Å². The Kier molecular flexibility index (Phi) is 7.36. The predicted molar refractivity (Wildman–Crippen MR) is 97.2 cm³/mol. The molecule has 1 N–H and O–H groups in total. The monoisotopic (exact) mass is 355 g/mol. The Balaban J connectivity index is 1.75. The number of benzene rings is 2. The smallest absolute Gasteiger partial charge is 0.306 e. The SMILES string of the molecule is CCOc1ccccc1NC(=O)COC(=O)CCC(=O)c1ccccc1. The molecule has 0 heterocycles. The van der Waals surface area contributed by atoms with Gasteiger partial charge >= 0.3 is 5.97 Å². The van der Waals surface area contributed by atoms with Gasteiger partial charge in [0.2, 0.25) is 0 Å². The zero-order valence-corrected chi connectivity index (χ0v) is 14.6. The predicted octanol–water partition coefficient (Wildman–Crippen LogP) is 3.23. The van der Waals surface area contributed by atoms with Gasteiger partial charge in [-0.3, -0.25) is 14.4 Å². The molecule has 2 aromatic rings. The van der Waals surface area contributed by atoms with E-state index in [0.717, 1.165) is 0 Å². The number of nitrogens with one attached hydrogen (secondary N) is 1. The first-order valence-electron chi connectivity index (χ1n) is 8.35. The number of para-hydroxylation sites is 2. The van der Waals surface area contributed by atoms with E-state index in [9.17, 15) is 14.4 Å². The lowest BCUT2D eigenvalue weighted by atomic mass is 10.1. The molecule has 0 spiro atoms. The molecule has 0 bridgehead atoms. The quantitative estimate of drug-likeness (QED) is 0.552. The molecule has 0 radical (unpaired) electrons. The second kappa shape index (κ2) is 9.98. The molecule has 26 heavy (non-hydrogen) atoms. The van der Waals surface area contributed by atoms with Crippen LogP contribution < -0.4 is 10.1 Å². The fourth-order valence-electron chi connectivity index (χ4n) is 2.24. The second-order valence-corrected chi connectivity index (χ2v) is 5.43. The van der Waals surface area contributed by atoms with Gasteiger partial charge in [0.15, 0.2) is 12.4 Å². The van der Waals surface area contributed by atoms with Crippen LogP contribution in [0.15, 0.2) is 54.6 Å². The molecular formula is C20H21NO5. The number of hydrogen-bond donors (Lipinski definition) is 1. The summed E-state index contributed by atoms with van der Waals surface area (Å²) < 4.78 is 10.3. The van der Waals surface area contributed by atoms with Crippen LogP contribution in [0.1, 0.15) is 30.1 Å². The van der Waals surface area contributed by atoms with Crippen molar-refractivity contribution in [1.29, 1.82) is 0 Å². The van der Waals surface area contributed by atoms with Gasteiger partial charge < -0.3 is 14.8 Å². The topological polar surface area (TPSA) is 81.7 Å². The highest BCUT2D eigenvalue weighted by atomic mass is 16.5. The third-order valence-corrected chi connectivity index (χ3v) is 3.48. The van der Waals surface area contributed by atoms with Gasteiger partial charge in [-0.25, -0.2) is 0 Å². The molecule has 136 valence electrons. The summed E-state index contributed by atoms with van der Waals surface area (Å²) in [4.78, 5) is 35.6. The lowest BCUT2D eigenvalue weighted by Crippen LogP contribution is -2.21. The molecule has 2 aromatic carbocycles. The number of carbonyl (C=O) groups is 3. The van der Waals surface area contributed by atoms with Gasteiger partial charge in [-0.2, -0.15) is 0 Å². The van der Waals surface area contributed by atoms with Crippen LogP contribution in [0.2, 0.25) is 0 Å². The molecule has 6 heteroatoms. The summed E-state index contributed by atoms with van der Waals surface area (Å²) >= 11 is 0. The van der Waals surface area contributed by atoms with Gasteiger partial charge in [-0.1, -0.05) is 42.5 Å². The lowest BCUT2D eigenvalue weighted by molar-refractivity contribution is -0.147. The van der Waals surface area contributed by atoms with Crippen LogP contribution in [0.25, 0.3) is 0 Å². The zero-order valence-electron chi connectivity index (χ0n) is 14.6. The third-order valence-electron chi connectivity index (χ3n) is 3.48. The number of esters is 1. The maximum Gasteiger partial charge on any atom is 0.306 e. The van der Waals surface area contributed by atoms with E-state index in [4.69, 9.17) is 9.47 Å². The standard InChI is InChI=1S/C20H21NO5/c1-2-25-18-11-7-6-10-16(18)21-19(23)14-26-20(24)13-12-17(22)15-8-4-3-5-9-15/h3-11H,2,12-14H2,1H3,(H,21,23). The van der Waals surface area contributed by atoms with Crippen molar-refractivity contribution in [3.05, 3.63) is 60.2 Å². The fourth-order valence-corrected chi connectivity index (χ4v) is 2.24. The molecule has 0 saturated heterocycles. The summed E-state index contributed by atoms with van der Waals surface area (Å²) in [7, 11) is 0. The first-order chi connectivity index (χ1) is 12.6. The lowest BCUT2D eigenvalue weighted by Gasteiger charge is -2.11. The number of carbonyl (C=O) groups excluding carboxylic acids is 3. The van der Waals surface area contributed by atoms with E-state index in [1.807, 2.05) is 13.0 Å².